The zero-order valence-corrected chi connectivity index (χ0v) is 19.9. The van der Waals surface area contributed by atoms with Gasteiger partial charge in [-0.05, 0) is 54.9 Å². The van der Waals surface area contributed by atoms with Crippen LogP contribution >= 0.6 is 11.6 Å². The van der Waals surface area contributed by atoms with E-state index in [2.05, 4.69) is 10.3 Å². The third kappa shape index (κ3) is 5.19. The van der Waals surface area contributed by atoms with Crippen molar-refractivity contribution in [2.24, 2.45) is 11.8 Å². The monoisotopic (exact) mass is 493 g/mol. The van der Waals surface area contributed by atoms with Crippen LogP contribution in [0.1, 0.15) is 48.1 Å². The lowest BCUT2D eigenvalue weighted by Crippen LogP contribution is -2.47. The van der Waals surface area contributed by atoms with E-state index in [1.54, 1.807) is 6.07 Å². The number of pyridine rings is 1. The van der Waals surface area contributed by atoms with Crippen LogP contribution in [0, 0.1) is 17.7 Å². The minimum atomic E-state index is -3.53. The van der Waals surface area contributed by atoms with Crippen LogP contribution in [0.15, 0.2) is 41.6 Å². The van der Waals surface area contributed by atoms with Crippen LogP contribution in [0.5, 0.6) is 0 Å². The fourth-order valence-electron chi connectivity index (χ4n) is 4.28. The summed E-state index contributed by atoms with van der Waals surface area (Å²) in [6.07, 6.45) is 5.85. The van der Waals surface area contributed by atoms with Crippen molar-refractivity contribution in [2.75, 3.05) is 12.8 Å². The Morgan fingerprint density at radius 3 is 2.61 bits per heavy atom. The van der Waals surface area contributed by atoms with Crippen LogP contribution in [-0.2, 0) is 14.6 Å². The molecule has 4 rings (SSSR count). The number of likely N-dealkylation sites (tertiary alicyclic amines) is 1. The summed E-state index contributed by atoms with van der Waals surface area (Å²) in [6.45, 7) is 2.31. The van der Waals surface area contributed by atoms with E-state index < -0.39 is 27.6 Å². The Kier molecular flexibility index (Phi) is 6.46. The van der Waals surface area contributed by atoms with Gasteiger partial charge in [-0.15, -0.1) is 0 Å². The largest absolute Gasteiger partial charge is 0.347 e. The predicted molar refractivity (Wildman–Crippen MR) is 121 cm³/mol. The van der Waals surface area contributed by atoms with Crippen LogP contribution in [0.2, 0.25) is 5.02 Å². The minimum Gasteiger partial charge on any atom is -0.347 e. The lowest BCUT2D eigenvalue weighted by atomic mass is 10.0. The first-order valence-corrected chi connectivity index (χ1v) is 13.0. The molecule has 1 aromatic carbocycles. The molecule has 7 nitrogen and oxygen atoms in total. The molecule has 2 aliphatic rings. The smallest absolute Gasteiger partial charge is 0.256 e. The number of halogens is 2. The van der Waals surface area contributed by atoms with Crippen molar-refractivity contribution in [1.29, 1.82) is 0 Å². The molecule has 1 saturated carbocycles. The van der Waals surface area contributed by atoms with E-state index in [1.807, 2.05) is 6.92 Å². The van der Waals surface area contributed by atoms with Crippen LogP contribution in [0.25, 0.3) is 0 Å². The molecule has 2 aromatic rings. The van der Waals surface area contributed by atoms with Gasteiger partial charge in [-0.1, -0.05) is 24.6 Å². The van der Waals surface area contributed by atoms with Crippen LogP contribution < -0.4 is 5.32 Å². The highest BCUT2D eigenvalue weighted by Gasteiger charge is 2.41. The highest BCUT2D eigenvalue weighted by Crippen LogP contribution is 2.42. The number of sulfone groups is 1. The first-order valence-electron chi connectivity index (χ1n) is 10.8. The van der Waals surface area contributed by atoms with Gasteiger partial charge in [-0.2, -0.15) is 0 Å². The summed E-state index contributed by atoms with van der Waals surface area (Å²) in [7, 11) is -3.53. The van der Waals surface area contributed by atoms with Crippen molar-refractivity contribution in [3.05, 3.63) is 58.6 Å². The molecule has 0 radical (unpaired) electrons. The van der Waals surface area contributed by atoms with Gasteiger partial charge in [-0.3, -0.25) is 14.6 Å². The number of aromatic nitrogens is 1. The van der Waals surface area contributed by atoms with Gasteiger partial charge in [0.1, 0.15) is 11.9 Å². The van der Waals surface area contributed by atoms with Crippen molar-refractivity contribution >= 4 is 33.3 Å². The molecule has 1 aliphatic carbocycles. The molecule has 10 heteroatoms. The second-order valence-electron chi connectivity index (χ2n) is 8.99. The van der Waals surface area contributed by atoms with Gasteiger partial charge in [0.05, 0.1) is 21.5 Å². The Hall–Kier alpha value is -2.52. The van der Waals surface area contributed by atoms with Gasteiger partial charge in [0.25, 0.3) is 5.91 Å². The number of rotatable bonds is 6. The number of carbonyl (C=O) groups is 2. The highest BCUT2D eigenvalue weighted by atomic mass is 35.5. The highest BCUT2D eigenvalue weighted by molar-refractivity contribution is 7.90. The standard InChI is InChI=1S/C23H25ClFN3O4S/c1-13-7-20(28(12-13)23(30)16-8-17(11-26-10-16)33(2,31)32)22(29)27-21(14-3-4-14)15-5-6-18(24)19(25)9-15/h5-6,8-11,13-14,20-21H,3-4,7,12H2,1-2H3,(H,27,29)/t13-,20-,21-/m1/s1. The minimum absolute atomic E-state index is 0.0194. The summed E-state index contributed by atoms with van der Waals surface area (Å²) in [4.78, 5) is 31.8. The van der Waals surface area contributed by atoms with E-state index in [-0.39, 0.29) is 39.3 Å². The van der Waals surface area contributed by atoms with Crippen molar-refractivity contribution in [3.63, 3.8) is 0 Å². The molecule has 1 aromatic heterocycles. The molecule has 2 fully saturated rings. The summed E-state index contributed by atoms with van der Waals surface area (Å²) in [5, 5.41) is 3.04. The van der Waals surface area contributed by atoms with Crippen LogP contribution in [-0.4, -0.2) is 49.0 Å². The first kappa shape index (κ1) is 23.6. The Labute approximate surface area is 197 Å². The maximum atomic E-state index is 14.0. The van der Waals surface area contributed by atoms with E-state index in [1.165, 1.54) is 35.5 Å². The molecule has 0 bridgehead atoms. The maximum Gasteiger partial charge on any atom is 0.256 e. The topological polar surface area (TPSA) is 96.4 Å². The van der Waals surface area contributed by atoms with Crippen molar-refractivity contribution < 1.29 is 22.4 Å². The molecule has 176 valence electrons. The molecule has 1 N–H and O–H groups in total. The molecular weight excluding hydrogens is 469 g/mol. The van der Waals surface area contributed by atoms with Gasteiger partial charge < -0.3 is 10.2 Å². The maximum absolute atomic E-state index is 14.0. The van der Waals surface area contributed by atoms with E-state index in [0.29, 0.717) is 18.5 Å². The number of amides is 2. The lowest BCUT2D eigenvalue weighted by molar-refractivity contribution is -0.125. The predicted octanol–water partition coefficient (Wildman–Crippen LogP) is 3.40. The molecular formula is C23H25ClFN3O4S. The second kappa shape index (κ2) is 9.02. The van der Waals surface area contributed by atoms with Crippen molar-refractivity contribution in [2.45, 2.75) is 43.2 Å². The fraction of sp³-hybridized carbons (Fsp3) is 0.435. The third-order valence-corrected chi connectivity index (χ3v) is 7.54. The van der Waals surface area contributed by atoms with Gasteiger partial charge >= 0.3 is 0 Å². The molecule has 1 aliphatic heterocycles. The SMILES string of the molecule is C[C@@H]1C[C@H](C(=O)N[C@@H](c2ccc(Cl)c(F)c2)C2CC2)N(C(=O)c2cncc(S(C)(=O)=O)c2)C1. The Balaban J connectivity index is 1.56. The summed E-state index contributed by atoms with van der Waals surface area (Å²) in [6, 6.07) is 4.72. The quantitative estimate of drug-likeness (QED) is 0.665. The van der Waals surface area contributed by atoms with E-state index in [0.717, 1.165) is 19.1 Å². The number of nitrogens with zero attached hydrogens (tertiary/aromatic N) is 2. The van der Waals surface area contributed by atoms with Gasteiger partial charge in [0, 0.05) is 25.2 Å². The van der Waals surface area contributed by atoms with E-state index >= 15 is 0 Å². The number of carbonyl (C=O) groups excluding carboxylic acids is 2. The molecule has 0 spiro atoms. The first-order chi connectivity index (χ1) is 15.5. The summed E-state index contributed by atoms with van der Waals surface area (Å²) in [5.41, 5.74) is 0.755. The number of benzene rings is 1. The van der Waals surface area contributed by atoms with E-state index in [9.17, 15) is 22.4 Å². The summed E-state index contributed by atoms with van der Waals surface area (Å²) < 4.78 is 37.8. The molecule has 2 amide bonds. The Morgan fingerprint density at radius 1 is 1.24 bits per heavy atom. The average molecular weight is 494 g/mol. The van der Waals surface area contributed by atoms with Crippen molar-refractivity contribution in [1.82, 2.24) is 15.2 Å². The zero-order valence-electron chi connectivity index (χ0n) is 18.3. The van der Waals surface area contributed by atoms with Gasteiger partial charge in [-0.25, -0.2) is 12.8 Å². The van der Waals surface area contributed by atoms with Crippen LogP contribution in [0.4, 0.5) is 4.39 Å². The number of hydrogen-bond acceptors (Lipinski definition) is 5. The van der Waals surface area contributed by atoms with E-state index in [4.69, 9.17) is 11.6 Å². The normalized spacial score (nSPS) is 21.6. The second-order valence-corrected chi connectivity index (χ2v) is 11.4. The molecule has 0 unspecified atom stereocenters. The lowest BCUT2D eigenvalue weighted by Gasteiger charge is -2.27. The Morgan fingerprint density at radius 2 is 1.97 bits per heavy atom. The molecule has 3 atom stereocenters. The number of nitrogens with one attached hydrogen (secondary N) is 1. The number of hydrogen-bond donors (Lipinski definition) is 1. The van der Waals surface area contributed by atoms with Crippen molar-refractivity contribution in [3.8, 4) is 0 Å². The van der Waals surface area contributed by atoms with Crippen LogP contribution in [0.3, 0.4) is 0 Å². The summed E-state index contributed by atoms with van der Waals surface area (Å²) in [5.74, 6) is -1.01. The van der Waals surface area contributed by atoms with Gasteiger partial charge in [0.2, 0.25) is 5.91 Å². The fourth-order valence-corrected chi connectivity index (χ4v) is 4.99. The van der Waals surface area contributed by atoms with Gasteiger partial charge in [0.15, 0.2) is 9.84 Å². The zero-order chi connectivity index (χ0) is 23.9. The average Bonchev–Trinajstić information content (AvgIpc) is 3.53. The molecule has 33 heavy (non-hydrogen) atoms. The summed E-state index contributed by atoms with van der Waals surface area (Å²) >= 11 is 5.81. The molecule has 1 saturated heterocycles. The molecule has 2 heterocycles. The Bertz CT molecular complexity index is 1200. The third-order valence-electron chi connectivity index (χ3n) is 6.16.